The molecule has 1 fully saturated rings. The number of rotatable bonds is 7. The van der Waals surface area contributed by atoms with Crippen molar-refractivity contribution in [1.29, 1.82) is 0 Å². The molecule has 30 heavy (non-hydrogen) atoms. The van der Waals surface area contributed by atoms with E-state index >= 15 is 0 Å². The van der Waals surface area contributed by atoms with E-state index < -0.39 is 17.7 Å². The van der Waals surface area contributed by atoms with Crippen LogP contribution in [0.15, 0.2) is 41.1 Å². The maximum Gasteiger partial charge on any atom is 0.416 e. The van der Waals surface area contributed by atoms with E-state index in [0.29, 0.717) is 12.1 Å². The van der Waals surface area contributed by atoms with E-state index in [2.05, 4.69) is 5.32 Å². The summed E-state index contributed by atoms with van der Waals surface area (Å²) in [6, 6.07) is 6.96. The molecule has 162 valence electrons. The minimum Gasteiger partial charge on any atom is -0.354 e. The number of carbonyl (C=O) groups is 2. The third kappa shape index (κ3) is 5.40. The van der Waals surface area contributed by atoms with Crippen molar-refractivity contribution in [3.63, 3.8) is 0 Å². The highest BCUT2D eigenvalue weighted by Crippen LogP contribution is 2.30. The lowest BCUT2D eigenvalue weighted by Gasteiger charge is -2.24. The van der Waals surface area contributed by atoms with Gasteiger partial charge in [-0.25, -0.2) is 0 Å². The van der Waals surface area contributed by atoms with Gasteiger partial charge in [-0.15, -0.1) is 0 Å². The van der Waals surface area contributed by atoms with Crippen molar-refractivity contribution in [2.75, 3.05) is 27.2 Å². The van der Waals surface area contributed by atoms with Crippen molar-refractivity contribution in [1.82, 2.24) is 15.1 Å². The molecule has 1 N–H and O–H groups in total. The van der Waals surface area contributed by atoms with Crippen LogP contribution >= 0.6 is 11.3 Å². The number of likely N-dealkylation sites (N-methyl/N-ethyl adjacent to an activating group) is 1. The topological polar surface area (TPSA) is 52.7 Å². The summed E-state index contributed by atoms with van der Waals surface area (Å²) in [4.78, 5) is 28.4. The molecule has 0 bridgehead atoms. The molecule has 1 aromatic heterocycles. The maximum absolute atomic E-state index is 12.9. The average Bonchev–Trinajstić information content (AvgIpc) is 3.32. The number of halogens is 3. The Hall–Kier alpha value is -2.39. The third-order valence-corrected chi connectivity index (χ3v) is 5.94. The summed E-state index contributed by atoms with van der Waals surface area (Å²) < 4.78 is 38.7. The van der Waals surface area contributed by atoms with E-state index in [9.17, 15) is 22.8 Å². The van der Waals surface area contributed by atoms with Gasteiger partial charge in [-0.1, -0.05) is 12.1 Å². The molecule has 9 heteroatoms. The molecule has 1 saturated heterocycles. The summed E-state index contributed by atoms with van der Waals surface area (Å²) in [7, 11) is 3.87. The minimum atomic E-state index is -4.43. The van der Waals surface area contributed by atoms with E-state index in [-0.39, 0.29) is 37.4 Å². The lowest BCUT2D eigenvalue weighted by atomic mass is 10.1. The van der Waals surface area contributed by atoms with E-state index in [1.165, 1.54) is 11.0 Å². The molecular formula is C21H24F3N3O2S. The highest BCUT2D eigenvalue weighted by molar-refractivity contribution is 7.07. The first-order valence-electron chi connectivity index (χ1n) is 9.55. The quantitative estimate of drug-likeness (QED) is 0.718. The van der Waals surface area contributed by atoms with Gasteiger partial charge in [0.1, 0.15) is 0 Å². The van der Waals surface area contributed by atoms with E-state index in [0.717, 1.165) is 17.7 Å². The van der Waals surface area contributed by atoms with Crippen LogP contribution in [0.3, 0.4) is 0 Å². The van der Waals surface area contributed by atoms with Gasteiger partial charge in [-0.05, 0) is 54.2 Å². The average molecular weight is 440 g/mol. The zero-order chi connectivity index (χ0) is 21.9. The van der Waals surface area contributed by atoms with Crippen LogP contribution in [0.1, 0.15) is 29.2 Å². The molecule has 0 spiro atoms. The summed E-state index contributed by atoms with van der Waals surface area (Å²) in [5.74, 6) is -0.944. The Morgan fingerprint density at radius 1 is 1.33 bits per heavy atom. The number of hydrogen-bond donors (Lipinski definition) is 1. The monoisotopic (exact) mass is 439 g/mol. The molecule has 2 aromatic rings. The van der Waals surface area contributed by atoms with Crippen LogP contribution in [0.2, 0.25) is 0 Å². The smallest absolute Gasteiger partial charge is 0.354 e. The number of benzene rings is 1. The molecule has 0 radical (unpaired) electrons. The normalized spacial score (nSPS) is 18.1. The van der Waals surface area contributed by atoms with E-state index in [1.54, 1.807) is 17.4 Å². The molecular weight excluding hydrogens is 415 g/mol. The van der Waals surface area contributed by atoms with Crippen LogP contribution in [0.25, 0.3) is 0 Å². The van der Waals surface area contributed by atoms with Gasteiger partial charge < -0.3 is 15.1 Å². The summed E-state index contributed by atoms with van der Waals surface area (Å²) in [5, 5.41) is 6.94. The number of hydrogen-bond acceptors (Lipinski definition) is 4. The summed E-state index contributed by atoms with van der Waals surface area (Å²) >= 11 is 1.59. The van der Waals surface area contributed by atoms with Gasteiger partial charge >= 0.3 is 6.18 Å². The maximum atomic E-state index is 12.9. The van der Waals surface area contributed by atoms with Gasteiger partial charge in [-0.3, -0.25) is 9.59 Å². The van der Waals surface area contributed by atoms with E-state index in [4.69, 9.17) is 0 Å². The first-order chi connectivity index (χ1) is 14.1. The summed E-state index contributed by atoms with van der Waals surface area (Å²) in [6.07, 6.45) is -4.37. The second-order valence-corrected chi connectivity index (χ2v) is 8.43. The number of thiophene rings is 1. The predicted octanol–water partition coefficient (Wildman–Crippen LogP) is 3.53. The minimum absolute atomic E-state index is 0.0264. The molecule has 1 aliphatic heterocycles. The number of carbonyl (C=O) groups excluding carboxylic acids is 2. The Bertz CT molecular complexity index is 884. The molecule has 1 aromatic carbocycles. The van der Waals surface area contributed by atoms with Crippen molar-refractivity contribution in [2.24, 2.45) is 5.92 Å². The van der Waals surface area contributed by atoms with Gasteiger partial charge in [0.05, 0.1) is 17.5 Å². The molecule has 2 unspecified atom stereocenters. The van der Waals surface area contributed by atoms with Crippen LogP contribution in [0.5, 0.6) is 0 Å². The van der Waals surface area contributed by atoms with Crippen LogP contribution in [-0.4, -0.2) is 48.8 Å². The highest BCUT2D eigenvalue weighted by atomic mass is 32.1. The Morgan fingerprint density at radius 2 is 2.10 bits per heavy atom. The molecule has 1 aliphatic rings. The second-order valence-electron chi connectivity index (χ2n) is 7.65. The van der Waals surface area contributed by atoms with Gasteiger partial charge in [0, 0.05) is 26.1 Å². The Labute approximate surface area is 177 Å². The van der Waals surface area contributed by atoms with E-state index in [1.807, 2.05) is 35.8 Å². The number of alkyl halides is 3. The number of nitrogens with one attached hydrogen (secondary N) is 1. The largest absolute Gasteiger partial charge is 0.416 e. The molecule has 2 heterocycles. The second kappa shape index (κ2) is 9.18. The van der Waals surface area contributed by atoms with Crippen LogP contribution < -0.4 is 5.32 Å². The van der Waals surface area contributed by atoms with Gasteiger partial charge in [0.15, 0.2) is 0 Å². The molecule has 5 nitrogen and oxygen atoms in total. The standard InChI is InChI=1S/C21H24F3N3O2S/c1-26(2)18(15-6-7-30-13-15)10-25-20(29)16-9-19(28)27(12-16)11-14-4-3-5-17(8-14)21(22,23)24/h3-8,13,16,18H,9-12H2,1-2H3,(H,25,29). The Morgan fingerprint density at radius 3 is 2.73 bits per heavy atom. The van der Waals surface area contributed by atoms with Crippen molar-refractivity contribution >= 4 is 23.2 Å². The van der Waals surface area contributed by atoms with Crippen molar-refractivity contribution in [2.45, 2.75) is 25.2 Å². The SMILES string of the molecule is CN(C)C(CNC(=O)C1CC(=O)N(Cc2cccc(C(F)(F)F)c2)C1)c1ccsc1. The van der Waals surface area contributed by atoms with Gasteiger partial charge in [0.2, 0.25) is 11.8 Å². The van der Waals surface area contributed by atoms with Crippen LogP contribution in [-0.2, 0) is 22.3 Å². The van der Waals surface area contributed by atoms with Crippen LogP contribution in [0, 0.1) is 5.92 Å². The number of likely N-dealkylation sites (tertiary alicyclic amines) is 1. The third-order valence-electron chi connectivity index (χ3n) is 5.23. The zero-order valence-electron chi connectivity index (χ0n) is 16.8. The highest BCUT2D eigenvalue weighted by Gasteiger charge is 2.35. The van der Waals surface area contributed by atoms with Crippen molar-refractivity contribution < 1.29 is 22.8 Å². The van der Waals surface area contributed by atoms with Crippen LogP contribution in [0.4, 0.5) is 13.2 Å². The fraction of sp³-hybridized carbons (Fsp3) is 0.429. The molecule has 0 aliphatic carbocycles. The summed E-state index contributed by atoms with van der Waals surface area (Å²) in [6.45, 7) is 0.675. The lowest BCUT2D eigenvalue weighted by molar-refractivity contribution is -0.137. The zero-order valence-corrected chi connectivity index (χ0v) is 17.6. The molecule has 0 saturated carbocycles. The molecule has 3 rings (SSSR count). The number of amides is 2. The molecule has 2 atom stereocenters. The summed E-state index contributed by atoms with van der Waals surface area (Å²) in [5.41, 5.74) is 0.757. The fourth-order valence-corrected chi connectivity index (χ4v) is 4.28. The fourth-order valence-electron chi connectivity index (χ4n) is 3.57. The number of nitrogens with zero attached hydrogens (tertiary/aromatic N) is 2. The van der Waals surface area contributed by atoms with Gasteiger partial charge in [-0.2, -0.15) is 24.5 Å². The van der Waals surface area contributed by atoms with Crippen molar-refractivity contribution in [3.05, 3.63) is 57.8 Å². The molecule has 2 amide bonds. The first-order valence-corrected chi connectivity index (χ1v) is 10.5. The lowest BCUT2D eigenvalue weighted by Crippen LogP contribution is -2.38. The van der Waals surface area contributed by atoms with Gasteiger partial charge in [0.25, 0.3) is 0 Å². The Kier molecular flexibility index (Phi) is 6.82. The predicted molar refractivity (Wildman–Crippen MR) is 109 cm³/mol. The first kappa shape index (κ1) is 22.3. The Balaban J connectivity index is 1.58. The van der Waals surface area contributed by atoms with Crippen molar-refractivity contribution in [3.8, 4) is 0 Å².